The highest BCUT2D eigenvalue weighted by Gasteiger charge is 2.21. The predicted octanol–water partition coefficient (Wildman–Crippen LogP) is 3.46. The van der Waals surface area contributed by atoms with Gasteiger partial charge < -0.3 is 5.73 Å². The van der Waals surface area contributed by atoms with E-state index in [1.807, 2.05) is 0 Å². The van der Waals surface area contributed by atoms with Crippen LogP contribution in [0, 0.1) is 0 Å². The molecule has 2 unspecified atom stereocenters. The van der Waals surface area contributed by atoms with Crippen molar-refractivity contribution in [1.82, 2.24) is 4.90 Å². The third-order valence-electron chi connectivity index (χ3n) is 3.98. The highest BCUT2D eigenvalue weighted by atomic mass is 15.2. The molecule has 2 atom stereocenters. The SMILES string of the molecule is CCCCN(C(C)CC)C(CN)Cc1ccccc1. The van der Waals surface area contributed by atoms with Gasteiger partial charge in [0.25, 0.3) is 0 Å². The van der Waals surface area contributed by atoms with Gasteiger partial charge in [-0.3, -0.25) is 4.90 Å². The molecule has 0 fully saturated rings. The Morgan fingerprint density at radius 1 is 1.16 bits per heavy atom. The average molecular weight is 262 g/mol. The van der Waals surface area contributed by atoms with Crippen LogP contribution in [0.4, 0.5) is 0 Å². The Morgan fingerprint density at radius 3 is 2.37 bits per heavy atom. The minimum absolute atomic E-state index is 0.462. The lowest BCUT2D eigenvalue weighted by molar-refractivity contribution is 0.140. The molecule has 0 heterocycles. The molecule has 2 N–H and O–H groups in total. The molecule has 0 saturated carbocycles. The molecule has 1 rings (SSSR count). The highest BCUT2D eigenvalue weighted by molar-refractivity contribution is 5.16. The standard InChI is InChI=1S/C17H30N2/c1-4-6-12-19(15(3)5-2)17(14-18)13-16-10-8-7-9-11-16/h7-11,15,17H,4-6,12-14,18H2,1-3H3. The molecule has 0 aliphatic heterocycles. The van der Waals surface area contributed by atoms with Crippen LogP contribution in [-0.4, -0.2) is 30.1 Å². The summed E-state index contributed by atoms with van der Waals surface area (Å²) >= 11 is 0. The fraction of sp³-hybridized carbons (Fsp3) is 0.647. The predicted molar refractivity (Wildman–Crippen MR) is 84.4 cm³/mol. The molecule has 0 radical (unpaired) electrons. The molecular weight excluding hydrogens is 232 g/mol. The van der Waals surface area contributed by atoms with Crippen LogP contribution < -0.4 is 5.73 Å². The van der Waals surface area contributed by atoms with E-state index in [0.717, 1.165) is 13.0 Å². The van der Waals surface area contributed by atoms with Gasteiger partial charge in [-0.2, -0.15) is 0 Å². The van der Waals surface area contributed by atoms with Crippen LogP contribution in [0.1, 0.15) is 45.6 Å². The third-order valence-corrected chi connectivity index (χ3v) is 3.98. The number of nitrogens with zero attached hydrogens (tertiary/aromatic N) is 1. The zero-order chi connectivity index (χ0) is 14.1. The smallest absolute Gasteiger partial charge is 0.0261 e. The van der Waals surface area contributed by atoms with E-state index < -0.39 is 0 Å². The number of benzene rings is 1. The molecule has 0 saturated heterocycles. The zero-order valence-corrected chi connectivity index (χ0v) is 12.8. The van der Waals surface area contributed by atoms with Gasteiger partial charge in [-0.15, -0.1) is 0 Å². The van der Waals surface area contributed by atoms with Crippen molar-refractivity contribution in [3.63, 3.8) is 0 Å². The second-order valence-corrected chi connectivity index (χ2v) is 5.43. The van der Waals surface area contributed by atoms with Crippen molar-refractivity contribution in [2.24, 2.45) is 5.73 Å². The molecule has 0 bridgehead atoms. The summed E-state index contributed by atoms with van der Waals surface area (Å²) in [6.45, 7) is 8.75. The van der Waals surface area contributed by atoms with E-state index in [9.17, 15) is 0 Å². The average Bonchev–Trinajstić information content (AvgIpc) is 2.46. The maximum absolute atomic E-state index is 6.04. The minimum Gasteiger partial charge on any atom is -0.329 e. The van der Waals surface area contributed by atoms with Crippen molar-refractivity contribution in [3.8, 4) is 0 Å². The van der Waals surface area contributed by atoms with Crippen LogP contribution in [0.5, 0.6) is 0 Å². The topological polar surface area (TPSA) is 29.3 Å². The van der Waals surface area contributed by atoms with Gasteiger partial charge >= 0.3 is 0 Å². The maximum Gasteiger partial charge on any atom is 0.0261 e. The van der Waals surface area contributed by atoms with Crippen LogP contribution in [0.2, 0.25) is 0 Å². The van der Waals surface area contributed by atoms with E-state index in [-0.39, 0.29) is 0 Å². The number of nitrogens with two attached hydrogens (primary N) is 1. The van der Waals surface area contributed by atoms with Gasteiger partial charge in [-0.05, 0) is 38.3 Å². The monoisotopic (exact) mass is 262 g/mol. The van der Waals surface area contributed by atoms with Crippen molar-refractivity contribution < 1.29 is 0 Å². The van der Waals surface area contributed by atoms with Gasteiger partial charge in [-0.25, -0.2) is 0 Å². The Labute approximate surface area is 119 Å². The van der Waals surface area contributed by atoms with Gasteiger partial charge in [0.15, 0.2) is 0 Å². The molecule has 0 aliphatic rings. The van der Waals surface area contributed by atoms with Crippen molar-refractivity contribution in [2.45, 2.75) is 58.5 Å². The summed E-state index contributed by atoms with van der Waals surface area (Å²) in [7, 11) is 0. The van der Waals surface area contributed by atoms with E-state index in [1.165, 1.54) is 31.4 Å². The number of unbranched alkanes of at least 4 members (excludes halogenated alkanes) is 1. The largest absolute Gasteiger partial charge is 0.329 e. The number of hydrogen-bond donors (Lipinski definition) is 1. The quantitative estimate of drug-likeness (QED) is 0.738. The van der Waals surface area contributed by atoms with Gasteiger partial charge in [0.05, 0.1) is 0 Å². The summed E-state index contributed by atoms with van der Waals surface area (Å²) in [6, 6.07) is 11.8. The third kappa shape index (κ3) is 5.33. The van der Waals surface area contributed by atoms with E-state index in [2.05, 4.69) is 56.0 Å². The molecule has 19 heavy (non-hydrogen) atoms. The second kappa shape index (κ2) is 9.11. The molecule has 2 heteroatoms. The van der Waals surface area contributed by atoms with Gasteiger partial charge in [0.2, 0.25) is 0 Å². The van der Waals surface area contributed by atoms with Crippen molar-refractivity contribution in [3.05, 3.63) is 35.9 Å². The van der Waals surface area contributed by atoms with Crippen molar-refractivity contribution in [2.75, 3.05) is 13.1 Å². The van der Waals surface area contributed by atoms with Crippen LogP contribution in [-0.2, 0) is 6.42 Å². The molecule has 0 amide bonds. The fourth-order valence-electron chi connectivity index (χ4n) is 2.56. The van der Waals surface area contributed by atoms with Crippen LogP contribution in [0.3, 0.4) is 0 Å². The molecule has 2 nitrogen and oxygen atoms in total. The first kappa shape index (κ1) is 16.2. The summed E-state index contributed by atoms with van der Waals surface area (Å²) in [5.74, 6) is 0. The Morgan fingerprint density at radius 2 is 1.84 bits per heavy atom. The Hall–Kier alpha value is -0.860. The molecule has 108 valence electrons. The first-order valence-corrected chi connectivity index (χ1v) is 7.72. The maximum atomic E-state index is 6.04. The summed E-state index contributed by atoms with van der Waals surface area (Å²) in [6.07, 6.45) is 4.76. The van der Waals surface area contributed by atoms with Crippen LogP contribution in [0.15, 0.2) is 30.3 Å². The molecule has 1 aromatic carbocycles. The first-order chi connectivity index (χ1) is 9.22. The summed E-state index contributed by atoms with van der Waals surface area (Å²) in [5, 5.41) is 0. The lowest BCUT2D eigenvalue weighted by Crippen LogP contribution is -2.47. The second-order valence-electron chi connectivity index (χ2n) is 5.43. The molecule has 0 aromatic heterocycles. The van der Waals surface area contributed by atoms with Gasteiger partial charge in [0.1, 0.15) is 0 Å². The molecule has 1 aromatic rings. The van der Waals surface area contributed by atoms with Crippen molar-refractivity contribution in [1.29, 1.82) is 0 Å². The Balaban J connectivity index is 2.71. The number of rotatable bonds is 9. The molecule has 0 spiro atoms. The summed E-state index contributed by atoms with van der Waals surface area (Å²) in [4.78, 5) is 2.61. The fourth-order valence-corrected chi connectivity index (χ4v) is 2.56. The van der Waals surface area contributed by atoms with E-state index in [1.54, 1.807) is 0 Å². The summed E-state index contributed by atoms with van der Waals surface area (Å²) in [5.41, 5.74) is 7.44. The lowest BCUT2D eigenvalue weighted by atomic mass is 10.0. The zero-order valence-electron chi connectivity index (χ0n) is 12.8. The lowest BCUT2D eigenvalue weighted by Gasteiger charge is -2.36. The van der Waals surface area contributed by atoms with Crippen LogP contribution in [0.25, 0.3) is 0 Å². The summed E-state index contributed by atoms with van der Waals surface area (Å²) < 4.78 is 0. The minimum atomic E-state index is 0.462. The van der Waals surface area contributed by atoms with Crippen molar-refractivity contribution >= 4 is 0 Å². The van der Waals surface area contributed by atoms with E-state index in [4.69, 9.17) is 5.73 Å². The molecule has 0 aliphatic carbocycles. The first-order valence-electron chi connectivity index (χ1n) is 7.72. The highest BCUT2D eigenvalue weighted by Crippen LogP contribution is 2.14. The normalized spacial score (nSPS) is 14.6. The van der Waals surface area contributed by atoms with Gasteiger partial charge in [-0.1, -0.05) is 50.6 Å². The number of hydrogen-bond acceptors (Lipinski definition) is 2. The molecular formula is C17H30N2. The Bertz CT molecular complexity index is 323. The van der Waals surface area contributed by atoms with E-state index >= 15 is 0 Å². The van der Waals surface area contributed by atoms with Crippen LogP contribution >= 0.6 is 0 Å². The Kier molecular flexibility index (Phi) is 7.76. The van der Waals surface area contributed by atoms with Gasteiger partial charge in [0, 0.05) is 18.6 Å². The van der Waals surface area contributed by atoms with E-state index in [0.29, 0.717) is 12.1 Å².